The molecule has 0 aromatic heterocycles. The zero-order chi connectivity index (χ0) is 12.0. The first kappa shape index (κ1) is 12.9. The van der Waals surface area contributed by atoms with Crippen molar-refractivity contribution < 1.29 is 18.3 Å². The SMILES string of the molecule is OCCC#Cc1ccc(SC(F)(F)F)cc1. The van der Waals surface area contributed by atoms with Gasteiger partial charge in [0, 0.05) is 16.9 Å². The van der Waals surface area contributed by atoms with E-state index >= 15 is 0 Å². The molecule has 0 amide bonds. The lowest BCUT2D eigenvalue weighted by Crippen LogP contribution is -1.98. The van der Waals surface area contributed by atoms with Crippen LogP contribution in [0.15, 0.2) is 29.2 Å². The van der Waals surface area contributed by atoms with Gasteiger partial charge in [-0.15, -0.1) is 0 Å². The number of thioether (sulfide) groups is 1. The molecule has 16 heavy (non-hydrogen) atoms. The second-order valence-electron chi connectivity index (χ2n) is 2.85. The smallest absolute Gasteiger partial charge is 0.395 e. The number of rotatable bonds is 2. The summed E-state index contributed by atoms with van der Waals surface area (Å²) < 4.78 is 36.0. The average molecular weight is 246 g/mol. The number of hydrogen-bond acceptors (Lipinski definition) is 2. The maximum absolute atomic E-state index is 12.0. The van der Waals surface area contributed by atoms with Gasteiger partial charge < -0.3 is 5.11 Å². The zero-order valence-corrected chi connectivity index (χ0v) is 9.03. The molecular weight excluding hydrogens is 237 g/mol. The summed E-state index contributed by atoms with van der Waals surface area (Å²) in [5, 5.41) is 8.49. The van der Waals surface area contributed by atoms with Gasteiger partial charge in [-0.05, 0) is 36.0 Å². The lowest BCUT2D eigenvalue weighted by molar-refractivity contribution is -0.0328. The lowest BCUT2D eigenvalue weighted by Gasteiger charge is -2.04. The molecule has 0 unspecified atom stereocenters. The Bertz CT molecular complexity index is 386. The molecule has 1 aromatic rings. The molecule has 1 N–H and O–H groups in total. The minimum absolute atomic E-state index is 0.0188. The molecule has 1 aromatic carbocycles. The number of aliphatic hydroxyl groups excluding tert-OH is 1. The fourth-order valence-corrected chi connectivity index (χ4v) is 1.50. The van der Waals surface area contributed by atoms with E-state index in [1.165, 1.54) is 24.3 Å². The summed E-state index contributed by atoms with van der Waals surface area (Å²) >= 11 is -0.150. The predicted octanol–water partition coefficient (Wildman–Crippen LogP) is 3.03. The molecule has 0 radical (unpaired) electrons. The molecule has 0 saturated carbocycles. The van der Waals surface area contributed by atoms with E-state index in [2.05, 4.69) is 11.8 Å². The van der Waals surface area contributed by atoms with E-state index in [9.17, 15) is 13.2 Å². The first-order valence-corrected chi connectivity index (χ1v) is 5.28. The number of benzene rings is 1. The summed E-state index contributed by atoms with van der Waals surface area (Å²) in [4.78, 5) is 0.139. The molecule has 0 aliphatic rings. The van der Waals surface area contributed by atoms with Gasteiger partial charge in [0.2, 0.25) is 0 Å². The van der Waals surface area contributed by atoms with Crippen LogP contribution in [0.4, 0.5) is 13.2 Å². The summed E-state index contributed by atoms with van der Waals surface area (Å²) in [5.74, 6) is 5.43. The van der Waals surface area contributed by atoms with Crippen LogP contribution >= 0.6 is 11.8 Å². The monoisotopic (exact) mass is 246 g/mol. The summed E-state index contributed by atoms with van der Waals surface area (Å²) in [6.07, 6.45) is 0.360. The normalized spacial score (nSPS) is 10.8. The van der Waals surface area contributed by atoms with E-state index in [1.807, 2.05) is 0 Å². The van der Waals surface area contributed by atoms with E-state index in [0.29, 0.717) is 12.0 Å². The van der Waals surface area contributed by atoms with Crippen molar-refractivity contribution in [1.29, 1.82) is 0 Å². The van der Waals surface area contributed by atoms with Crippen LogP contribution in [0, 0.1) is 11.8 Å². The van der Waals surface area contributed by atoms with E-state index in [4.69, 9.17) is 5.11 Å². The maximum atomic E-state index is 12.0. The Kier molecular flexibility index (Phi) is 4.71. The largest absolute Gasteiger partial charge is 0.446 e. The van der Waals surface area contributed by atoms with Gasteiger partial charge in [-0.2, -0.15) is 13.2 Å². The van der Waals surface area contributed by atoms with Crippen LogP contribution < -0.4 is 0 Å². The van der Waals surface area contributed by atoms with Crippen molar-refractivity contribution in [3.8, 4) is 11.8 Å². The van der Waals surface area contributed by atoms with Crippen molar-refractivity contribution in [2.75, 3.05) is 6.61 Å². The van der Waals surface area contributed by atoms with Gasteiger partial charge >= 0.3 is 5.51 Å². The van der Waals surface area contributed by atoms with Gasteiger partial charge in [0.05, 0.1) is 6.61 Å². The van der Waals surface area contributed by atoms with Crippen LogP contribution in [0.2, 0.25) is 0 Å². The standard InChI is InChI=1S/C11H9F3OS/c12-11(13,14)16-10-6-4-9(5-7-10)3-1-2-8-15/h4-7,15H,2,8H2. The first-order chi connectivity index (χ1) is 7.51. The van der Waals surface area contributed by atoms with Crippen molar-refractivity contribution in [3.05, 3.63) is 29.8 Å². The summed E-state index contributed by atoms with van der Waals surface area (Å²) in [5.41, 5.74) is -3.62. The summed E-state index contributed by atoms with van der Waals surface area (Å²) in [6.45, 7) is -0.0188. The molecule has 5 heteroatoms. The third-order valence-electron chi connectivity index (χ3n) is 1.56. The molecule has 0 aliphatic carbocycles. The molecule has 0 atom stereocenters. The van der Waals surface area contributed by atoms with Gasteiger partial charge in [-0.3, -0.25) is 0 Å². The second kappa shape index (κ2) is 5.83. The molecule has 0 bridgehead atoms. The zero-order valence-electron chi connectivity index (χ0n) is 8.21. The van der Waals surface area contributed by atoms with Crippen LogP contribution in [0.1, 0.15) is 12.0 Å². The Morgan fingerprint density at radius 1 is 1.19 bits per heavy atom. The van der Waals surface area contributed by atoms with Gasteiger partial charge in [0.25, 0.3) is 0 Å². The molecule has 1 rings (SSSR count). The molecule has 0 saturated heterocycles. The highest BCUT2D eigenvalue weighted by Gasteiger charge is 2.28. The Balaban J connectivity index is 2.66. The molecular formula is C11H9F3OS. The van der Waals surface area contributed by atoms with Crippen LogP contribution in [0.3, 0.4) is 0 Å². The Hall–Kier alpha value is -1.12. The molecule has 0 spiro atoms. The molecule has 1 nitrogen and oxygen atoms in total. The number of aliphatic hydroxyl groups is 1. The molecule has 86 valence electrons. The highest BCUT2D eigenvalue weighted by molar-refractivity contribution is 8.00. The Morgan fingerprint density at radius 3 is 2.31 bits per heavy atom. The van der Waals surface area contributed by atoms with Gasteiger partial charge in [-0.1, -0.05) is 11.8 Å². The highest BCUT2D eigenvalue weighted by Crippen LogP contribution is 2.36. The minimum Gasteiger partial charge on any atom is -0.395 e. The lowest BCUT2D eigenvalue weighted by atomic mass is 10.2. The van der Waals surface area contributed by atoms with Crippen molar-refractivity contribution in [3.63, 3.8) is 0 Å². The molecule has 0 fully saturated rings. The van der Waals surface area contributed by atoms with Crippen molar-refractivity contribution in [2.24, 2.45) is 0 Å². The van der Waals surface area contributed by atoms with Gasteiger partial charge in [0.1, 0.15) is 0 Å². The van der Waals surface area contributed by atoms with E-state index in [1.54, 1.807) is 0 Å². The van der Waals surface area contributed by atoms with Crippen molar-refractivity contribution >= 4 is 11.8 Å². The van der Waals surface area contributed by atoms with Crippen molar-refractivity contribution in [2.45, 2.75) is 16.8 Å². The number of halogens is 3. The number of hydrogen-bond donors (Lipinski definition) is 1. The predicted molar refractivity (Wildman–Crippen MR) is 56.9 cm³/mol. The quantitative estimate of drug-likeness (QED) is 0.639. The third kappa shape index (κ3) is 5.10. The highest BCUT2D eigenvalue weighted by atomic mass is 32.2. The van der Waals surface area contributed by atoms with Gasteiger partial charge in [0.15, 0.2) is 0 Å². The average Bonchev–Trinajstić information content (AvgIpc) is 2.19. The number of alkyl halides is 3. The topological polar surface area (TPSA) is 20.2 Å². The minimum atomic E-state index is -4.26. The summed E-state index contributed by atoms with van der Waals surface area (Å²) in [6, 6.07) is 5.80. The van der Waals surface area contributed by atoms with Crippen molar-refractivity contribution in [1.82, 2.24) is 0 Å². The van der Waals surface area contributed by atoms with Crippen LogP contribution in [-0.4, -0.2) is 17.2 Å². The van der Waals surface area contributed by atoms with E-state index in [-0.39, 0.29) is 23.3 Å². The molecule has 0 aliphatic heterocycles. The van der Waals surface area contributed by atoms with Gasteiger partial charge in [-0.25, -0.2) is 0 Å². The fourth-order valence-electron chi connectivity index (χ4n) is 0.960. The van der Waals surface area contributed by atoms with E-state index in [0.717, 1.165) is 0 Å². The fraction of sp³-hybridized carbons (Fsp3) is 0.273. The van der Waals surface area contributed by atoms with Crippen LogP contribution in [-0.2, 0) is 0 Å². The first-order valence-electron chi connectivity index (χ1n) is 4.47. The second-order valence-corrected chi connectivity index (χ2v) is 3.99. The maximum Gasteiger partial charge on any atom is 0.446 e. The van der Waals surface area contributed by atoms with Crippen LogP contribution in [0.5, 0.6) is 0 Å². The third-order valence-corrected chi connectivity index (χ3v) is 2.30. The van der Waals surface area contributed by atoms with E-state index < -0.39 is 5.51 Å². The summed E-state index contributed by atoms with van der Waals surface area (Å²) in [7, 11) is 0. The Morgan fingerprint density at radius 2 is 1.81 bits per heavy atom. The molecule has 0 heterocycles. The van der Waals surface area contributed by atoms with Crippen LogP contribution in [0.25, 0.3) is 0 Å². The Labute approximate surface area is 95.7 Å².